The Hall–Kier alpha value is -0.0800. The van der Waals surface area contributed by atoms with Gasteiger partial charge in [0.05, 0.1) is 6.61 Å². The average Bonchev–Trinajstić information content (AvgIpc) is 2.76. The molecular weight excluding hydrogens is 331 g/mol. The molecule has 0 saturated carbocycles. The number of hydrogen-bond donors (Lipinski definition) is 2. The molecule has 17 heavy (non-hydrogen) atoms. The summed E-state index contributed by atoms with van der Waals surface area (Å²) >= 11 is 0. The monoisotopic (exact) mass is 356 g/mol. The van der Waals surface area contributed by atoms with Crippen LogP contribution in [-0.2, 0) is 4.74 Å². The van der Waals surface area contributed by atoms with Crippen molar-refractivity contribution in [1.29, 1.82) is 0 Å². The maximum absolute atomic E-state index is 5.09. The van der Waals surface area contributed by atoms with Crippen LogP contribution < -0.4 is 10.6 Å². The standard InChI is InChI=1S/C11H24N4O.HI/c1-12-11(13-2)14-8-10-4-5-15(9-10)6-7-16-3;/h10H,4-9H2,1-3H3,(H2,12,13,14);1H. The van der Waals surface area contributed by atoms with Gasteiger partial charge in [0, 0.05) is 40.8 Å². The van der Waals surface area contributed by atoms with Crippen LogP contribution in [0.25, 0.3) is 0 Å². The summed E-state index contributed by atoms with van der Waals surface area (Å²) in [5.41, 5.74) is 0. The van der Waals surface area contributed by atoms with Crippen molar-refractivity contribution in [2.24, 2.45) is 10.9 Å². The largest absolute Gasteiger partial charge is 0.383 e. The maximum Gasteiger partial charge on any atom is 0.190 e. The smallest absolute Gasteiger partial charge is 0.190 e. The molecule has 102 valence electrons. The number of aliphatic imine (C=N–C) groups is 1. The molecule has 0 radical (unpaired) electrons. The fraction of sp³-hybridized carbons (Fsp3) is 0.909. The third-order valence-corrected chi connectivity index (χ3v) is 3.00. The van der Waals surface area contributed by atoms with Gasteiger partial charge in [-0.05, 0) is 18.9 Å². The highest BCUT2D eigenvalue weighted by molar-refractivity contribution is 14.0. The molecular formula is C11H25IN4O. The number of nitrogens with zero attached hydrogens (tertiary/aromatic N) is 2. The fourth-order valence-corrected chi connectivity index (χ4v) is 2.02. The summed E-state index contributed by atoms with van der Waals surface area (Å²) in [5.74, 6) is 1.59. The first-order valence-corrected chi connectivity index (χ1v) is 5.89. The Bertz CT molecular complexity index is 226. The van der Waals surface area contributed by atoms with Crippen molar-refractivity contribution < 1.29 is 4.74 Å². The molecule has 0 bridgehead atoms. The van der Waals surface area contributed by atoms with Gasteiger partial charge < -0.3 is 20.3 Å². The lowest BCUT2D eigenvalue weighted by Crippen LogP contribution is -2.38. The third-order valence-electron chi connectivity index (χ3n) is 3.00. The fourth-order valence-electron chi connectivity index (χ4n) is 2.02. The van der Waals surface area contributed by atoms with Crippen molar-refractivity contribution in [2.75, 3.05) is 54.0 Å². The van der Waals surface area contributed by atoms with E-state index in [0.29, 0.717) is 0 Å². The topological polar surface area (TPSA) is 48.9 Å². The van der Waals surface area contributed by atoms with Crippen LogP contribution in [-0.4, -0.2) is 64.9 Å². The lowest BCUT2D eigenvalue weighted by molar-refractivity contribution is 0.159. The molecule has 1 unspecified atom stereocenters. The quantitative estimate of drug-likeness (QED) is 0.425. The van der Waals surface area contributed by atoms with E-state index in [9.17, 15) is 0 Å². The Labute approximate surface area is 121 Å². The number of rotatable bonds is 5. The first-order valence-electron chi connectivity index (χ1n) is 5.89. The number of halogens is 1. The summed E-state index contributed by atoms with van der Waals surface area (Å²) in [6.45, 7) is 5.23. The van der Waals surface area contributed by atoms with Crippen molar-refractivity contribution in [3.8, 4) is 0 Å². The molecule has 0 aromatic carbocycles. The predicted molar refractivity (Wildman–Crippen MR) is 82.3 cm³/mol. The second-order valence-electron chi connectivity index (χ2n) is 4.15. The van der Waals surface area contributed by atoms with Crippen molar-refractivity contribution >= 4 is 29.9 Å². The van der Waals surface area contributed by atoms with E-state index < -0.39 is 0 Å². The maximum atomic E-state index is 5.09. The lowest BCUT2D eigenvalue weighted by Gasteiger charge is -2.16. The number of nitrogens with one attached hydrogen (secondary N) is 2. The Morgan fingerprint density at radius 3 is 2.88 bits per heavy atom. The summed E-state index contributed by atoms with van der Waals surface area (Å²) < 4.78 is 5.09. The van der Waals surface area contributed by atoms with Crippen LogP contribution in [0.1, 0.15) is 6.42 Å². The Kier molecular flexibility index (Phi) is 9.85. The molecule has 2 N–H and O–H groups in total. The van der Waals surface area contributed by atoms with Gasteiger partial charge in [-0.3, -0.25) is 4.99 Å². The van der Waals surface area contributed by atoms with Crippen LogP contribution in [0.3, 0.4) is 0 Å². The summed E-state index contributed by atoms with van der Waals surface area (Å²) in [4.78, 5) is 6.55. The average molecular weight is 356 g/mol. The highest BCUT2D eigenvalue weighted by atomic mass is 127. The van der Waals surface area contributed by atoms with E-state index in [0.717, 1.165) is 38.1 Å². The summed E-state index contributed by atoms with van der Waals surface area (Å²) in [6, 6.07) is 0. The zero-order chi connectivity index (χ0) is 11.8. The second-order valence-corrected chi connectivity index (χ2v) is 4.15. The highest BCUT2D eigenvalue weighted by Crippen LogP contribution is 2.14. The Morgan fingerprint density at radius 1 is 1.53 bits per heavy atom. The van der Waals surface area contributed by atoms with E-state index in [1.165, 1.54) is 13.0 Å². The molecule has 1 aliphatic rings. The van der Waals surface area contributed by atoms with E-state index in [1.807, 2.05) is 7.05 Å². The summed E-state index contributed by atoms with van der Waals surface area (Å²) in [5, 5.41) is 6.35. The lowest BCUT2D eigenvalue weighted by atomic mass is 10.1. The molecule has 0 aliphatic carbocycles. The number of ether oxygens (including phenoxy) is 1. The number of methoxy groups -OCH3 is 1. The molecule has 1 atom stereocenters. The van der Waals surface area contributed by atoms with Crippen molar-refractivity contribution in [2.45, 2.75) is 6.42 Å². The molecule has 0 amide bonds. The Balaban J connectivity index is 0.00000256. The van der Waals surface area contributed by atoms with Gasteiger partial charge in [0.1, 0.15) is 0 Å². The molecule has 5 nitrogen and oxygen atoms in total. The van der Waals surface area contributed by atoms with Gasteiger partial charge in [-0.2, -0.15) is 0 Å². The molecule has 1 heterocycles. The summed E-state index contributed by atoms with van der Waals surface area (Å²) in [7, 11) is 5.43. The van der Waals surface area contributed by atoms with Gasteiger partial charge in [0.25, 0.3) is 0 Å². The summed E-state index contributed by atoms with van der Waals surface area (Å²) in [6.07, 6.45) is 1.26. The van der Waals surface area contributed by atoms with Crippen molar-refractivity contribution in [1.82, 2.24) is 15.5 Å². The number of guanidine groups is 1. The predicted octanol–water partition coefficient (Wildman–Crippen LogP) is 0.367. The first-order chi connectivity index (χ1) is 7.80. The van der Waals surface area contributed by atoms with Crippen LogP contribution >= 0.6 is 24.0 Å². The second kappa shape index (κ2) is 9.90. The van der Waals surface area contributed by atoms with Crippen LogP contribution in [0.5, 0.6) is 0 Å². The van der Waals surface area contributed by atoms with Gasteiger partial charge >= 0.3 is 0 Å². The molecule has 0 aromatic heterocycles. The van der Waals surface area contributed by atoms with Crippen LogP contribution in [0.2, 0.25) is 0 Å². The van der Waals surface area contributed by atoms with Crippen LogP contribution in [0.4, 0.5) is 0 Å². The minimum absolute atomic E-state index is 0. The molecule has 1 aliphatic heterocycles. The minimum Gasteiger partial charge on any atom is -0.383 e. The van der Waals surface area contributed by atoms with Crippen molar-refractivity contribution in [3.05, 3.63) is 0 Å². The number of likely N-dealkylation sites (tertiary alicyclic amines) is 1. The van der Waals surface area contributed by atoms with E-state index in [-0.39, 0.29) is 24.0 Å². The van der Waals surface area contributed by atoms with E-state index in [4.69, 9.17) is 4.74 Å². The van der Waals surface area contributed by atoms with Gasteiger partial charge in [0.2, 0.25) is 0 Å². The van der Waals surface area contributed by atoms with E-state index in [1.54, 1.807) is 14.2 Å². The first kappa shape index (κ1) is 16.9. The molecule has 1 saturated heterocycles. The molecule has 1 fully saturated rings. The zero-order valence-electron chi connectivity index (χ0n) is 11.0. The minimum atomic E-state index is 0. The van der Waals surface area contributed by atoms with E-state index >= 15 is 0 Å². The SMILES string of the molecule is CN=C(NC)NCC1CCN(CCOC)C1.I. The van der Waals surface area contributed by atoms with Gasteiger partial charge in [-0.25, -0.2) is 0 Å². The zero-order valence-corrected chi connectivity index (χ0v) is 13.4. The van der Waals surface area contributed by atoms with Crippen molar-refractivity contribution in [3.63, 3.8) is 0 Å². The molecule has 0 aromatic rings. The van der Waals surface area contributed by atoms with Gasteiger partial charge in [0.15, 0.2) is 5.96 Å². The normalized spacial score (nSPS) is 21.1. The van der Waals surface area contributed by atoms with Gasteiger partial charge in [-0.15, -0.1) is 24.0 Å². The molecule has 6 heteroatoms. The number of hydrogen-bond acceptors (Lipinski definition) is 3. The van der Waals surface area contributed by atoms with Crippen LogP contribution in [0, 0.1) is 5.92 Å². The third kappa shape index (κ3) is 6.42. The molecule has 0 spiro atoms. The van der Waals surface area contributed by atoms with Gasteiger partial charge in [-0.1, -0.05) is 0 Å². The van der Waals surface area contributed by atoms with E-state index in [2.05, 4.69) is 20.5 Å². The van der Waals surface area contributed by atoms with Crippen LogP contribution in [0.15, 0.2) is 4.99 Å². The Morgan fingerprint density at radius 2 is 2.29 bits per heavy atom. The highest BCUT2D eigenvalue weighted by Gasteiger charge is 2.21. The molecule has 1 rings (SSSR count).